The van der Waals surface area contributed by atoms with Crippen molar-refractivity contribution in [3.63, 3.8) is 0 Å². The number of fused-ring (bicyclic) bond motifs is 1. The second kappa shape index (κ2) is 3.68. The molecule has 2 fully saturated rings. The zero-order chi connectivity index (χ0) is 10.1. The predicted octanol–water partition coefficient (Wildman–Crippen LogP) is -0.624. The Bertz CT molecular complexity index is 234. The standard InChI is InChI=1S/C7H11NO6/c1-11-4-2-12-7-5(14-8(9)10)3-13-6(4)7/h4-7H,2-3H2,1H3. The molecule has 0 aliphatic carbocycles. The van der Waals surface area contributed by atoms with Gasteiger partial charge in [-0.05, 0) is 0 Å². The van der Waals surface area contributed by atoms with Crippen LogP contribution in [0.5, 0.6) is 0 Å². The summed E-state index contributed by atoms with van der Waals surface area (Å²) in [4.78, 5) is 14.6. The molecule has 2 aliphatic rings. The lowest BCUT2D eigenvalue weighted by atomic mass is 10.1. The van der Waals surface area contributed by atoms with Crippen molar-refractivity contribution in [2.45, 2.75) is 24.4 Å². The molecule has 7 nitrogen and oxygen atoms in total. The molecule has 0 radical (unpaired) electrons. The Balaban J connectivity index is 1.97. The smallest absolute Gasteiger partial charge is 0.294 e. The summed E-state index contributed by atoms with van der Waals surface area (Å²) in [7, 11) is 1.56. The molecule has 0 spiro atoms. The third-order valence-electron chi connectivity index (χ3n) is 2.49. The molecule has 2 heterocycles. The largest absolute Gasteiger partial charge is 0.376 e. The van der Waals surface area contributed by atoms with Gasteiger partial charge >= 0.3 is 0 Å². The summed E-state index contributed by atoms with van der Waals surface area (Å²) < 4.78 is 15.7. The topological polar surface area (TPSA) is 80.1 Å². The molecule has 2 rings (SSSR count). The van der Waals surface area contributed by atoms with Crippen molar-refractivity contribution in [3.8, 4) is 0 Å². The van der Waals surface area contributed by atoms with Crippen LogP contribution in [0.15, 0.2) is 0 Å². The fourth-order valence-electron chi connectivity index (χ4n) is 1.83. The van der Waals surface area contributed by atoms with E-state index >= 15 is 0 Å². The molecule has 0 N–H and O–H groups in total. The van der Waals surface area contributed by atoms with Crippen LogP contribution < -0.4 is 0 Å². The second-order valence-corrected chi connectivity index (χ2v) is 3.24. The maximum atomic E-state index is 10.1. The van der Waals surface area contributed by atoms with Gasteiger partial charge in [0.05, 0.1) is 13.2 Å². The lowest BCUT2D eigenvalue weighted by Crippen LogP contribution is -2.34. The Morgan fingerprint density at radius 1 is 1.29 bits per heavy atom. The number of methoxy groups -OCH3 is 1. The molecule has 4 atom stereocenters. The van der Waals surface area contributed by atoms with Gasteiger partial charge in [0.2, 0.25) is 0 Å². The van der Waals surface area contributed by atoms with Crippen molar-refractivity contribution in [3.05, 3.63) is 10.1 Å². The van der Waals surface area contributed by atoms with Crippen LogP contribution in [-0.2, 0) is 19.0 Å². The van der Waals surface area contributed by atoms with Gasteiger partial charge in [0.1, 0.15) is 18.3 Å². The van der Waals surface area contributed by atoms with Crippen molar-refractivity contribution >= 4 is 0 Å². The van der Waals surface area contributed by atoms with Crippen molar-refractivity contribution in [1.29, 1.82) is 0 Å². The summed E-state index contributed by atoms with van der Waals surface area (Å²) in [6.45, 7) is 0.569. The fraction of sp³-hybridized carbons (Fsp3) is 1.00. The monoisotopic (exact) mass is 205 g/mol. The number of ether oxygens (including phenoxy) is 3. The van der Waals surface area contributed by atoms with E-state index in [-0.39, 0.29) is 24.9 Å². The quantitative estimate of drug-likeness (QED) is 0.451. The first kappa shape index (κ1) is 9.63. The van der Waals surface area contributed by atoms with Gasteiger partial charge in [0.15, 0.2) is 6.10 Å². The SMILES string of the molecule is COC1COC2C(O[N+](=O)[O-])COC12. The van der Waals surface area contributed by atoms with Crippen LogP contribution in [0.2, 0.25) is 0 Å². The normalized spacial score (nSPS) is 40.9. The molecule has 0 aromatic rings. The molecule has 14 heavy (non-hydrogen) atoms. The van der Waals surface area contributed by atoms with Crippen molar-refractivity contribution in [1.82, 2.24) is 0 Å². The van der Waals surface area contributed by atoms with Gasteiger partial charge in [-0.25, -0.2) is 0 Å². The van der Waals surface area contributed by atoms with Crippen LogP contribution in [-0.4, -0.2) is 49.8 Å². The first-order valence-corrected chi connectivity index (χ1v) is 4.29. The molecular formula is C7H11NO6. The molecule has 4 unspecified atom stereocenters. The highest BCUT2D eigenvalue weighted by atomic mass is 17.0. The zero-order valence-corrected chi connectivity index (χ0v) is 7.62. The lowest BCUT2D eigenvalue weighted by Gasteiger charge is -2.14. The summed E-state index contributed by atoms with van der Waals surface area (Å²) >= 11 is 0. The van der Waals surface area contributed by atoms with Gasteiger partial charge in [0, 0.05) is 7.11 Å². The van der Waals surface area contributed by atoms with Crippen molar-refractivity contribution < 1.29 is 24.1 Å². The molecule has 80 valence electrons. The minimum atomic E-state index is -0.820. The molecule has 0 amide bonds. The third-order valence-corrected chi connectivity index (χ3v) is 2.49. The maximum Gasteiger partial charge on any atom is 0.294 e. The third kappa shape index (κ3) is 1.54. The van der Waals surface area contributed by atoms with Crippen LogP contribution in [0.1, 0.15) is 0 Å². The van der Waals surface area contributed by atoms with Crippen LogP contribution in [0.3, 0.4) is 0 Å². The first-order chi connectivity index (χ1) is 6.72. The van der Waals surface area contributed by atoms with Gasteiger partial charge in [-0.2, -0.15) is 0 Å². The Hall–Kier alpha value is -0.920. The van der Waals surface area contributed by atoms with E-state index in [1.807, 2.05) is 0 Å². The summed E-state index contributed by atoms with van der Waals surface area (Å²) in [5, 5.41) is 9.32. The van der Waals surface area contributed by atoms with Gasteiger partial charge < -0.3 is 19.0 Å². The van der Waals surface area contributed by atoms with E-state index in [1.165, 1.54) is 0 Å². The van der Waals surface area contributed by atoms with Gasteiger partial charge in [-0.15, -0.1) is 10.1 Å². The summed E-state index contributed by atoms with van der Waals surface area (Å²) in [5.41, 5.74) is 0. The minimum absolute atomic E-state index is 0.152. The van der Waals surface area contributed by atoms with Gasteiger partial charge in [-0.3, -0.25) is 0 Å². The highest BCUT2D eigenvalue weighted by molar-refractivity contribution is 4.95. The van der Waals surface area contributed by atoms with E-state index in [0.29, 0.717) is 6.61 Å². The summed E-state index contributed by atoms with van der Waals surface area (Å²) in [5.74, 6) is 0. The predicted molar refractivity (Wildman–Crippen MR) is 42.1 cm³/mol. The van der Waals surface area contributed by atoms with E-state index in [4.69, 9.17) is 14.2 Å². The average molecular weight is 205 g/mol. The molecule has 2 saturated heterocycles. The Labute approximate surface area is 80.0 Å². The lowest BCUT2D eigenvalue weighted by molar-refractivity contribution is -0.769. The molecule has 0 aromatic carbocycles. The van der Waals surface area contributed by atoms with Crippen LogP contribution in [0.4, 0.5) is 0 Å². The summed E-state index contributed by atoms with van der Waals surface area (Å²) in [6, 6.07) is 0. The van der Waals surface area contributed by atoms with E-state index in [2.05, 4.69) is 4.84 Å². The van der Waals surface area contributed by atoms with E-state index in [9.17, 15) is 10.1 Å². The molecule has 2 aliphatic heterocycles. The minimum Gasteiger partial charge on any atom is -0.376 e. The molecule has 0 bridgehead atoms. The van der Waals surface area contributed by atoms with Crippen LogP contribution >= 0.6 is 0 Å². The van der Waals surface area contributed by atoms with Gasteiger partial charge in [-0.1, -0.05) is 0 Å². The van der Waals surface area contributed by atoms with E-state index in [1.54, 1.807) is 7.11 Å². The second-order valence-electron chi connectivity index (χ2n) is 3.24. The molecule has 0 saturated carbocycles. The van der Waals surface area contributed by atoms with E-state index in [0.717, 1.165) is 0 Å². The Morgan fingerprint density at radius 2 is 1.86 bits per heavy atom. The van der Waals surface area contributed by atoms with Crippen LogP contribution in [0, 0.1) is 10.1 Å². The maximum absolute atomic E-state index is 10.1. The van der Waals surface area contributed by atoms with Gasteiger partial charge in [0.25, 0.3) is 5.09 Å². The number of nitrogens with zero attached hydrogens (tertiary/aromatic N) is 1. The zero-order valence-electron chi connectivity index (χ0n) is 7.62. The highest BCUT2D eigenvalue weighted by Crippen LogP contribution is 2.29. The van der Waals surface area contributed by atoms with Crippen molar-refractivity contribution in [2.75, 3.05) is 20.3 Å². The Kier molecular flexibility index (Phi) is 2.53. The number of hydrogen-bond acceptors (Lipinski definition) is 6. The fourth-order valence-corrected chi connectivity index (χ4v) is 1.83. The molecule has 7 heteroatoms. The first-order valence-electron chi connectivity index (χ1n) is 4.29. The summed E-state index contributed by atoms with van der Waals surface area (Å²) in [6.07, 6.45) is -1.41. The molecule has 0 aromatic heterocycles. The Morgan fingerprint density at radius 3 is 2.43 bits per heavy atom. The van der Waals surface area contributed by atoms with Crippen LogP contribution in [0.25, 0.3) is 0 Å². The molecular weight excluding hydrogens is 194 g/mol. The van der Waals surface area contributed by atoms with E-state index < -0.39 is 11.2 Å². The average Bonchev–Trinajstić information content (AvgIpc) is 2.67. The highest BCUT2D eigenvalue weighted by Gasteiger charge is 2.49. The number of rotatable bonds is 3. The van der Waals surface area contributed by atoms with Crippen molar-refractivity contribution in [2.24, 2.45) is 0 Å². The number of hydrogen-bond donors (Lipinski definition) is 0.